The maximum Gasteiger partial charge on any atom is 0.327 e. The Bertz CT molecular complexity index is 224. The van der Waals surface area contributed by atoms with Gasteiger partial charge in [-0.1, -0.05) is 6.08 Å². The van der Waals surface area contributed by atoms with Gasteiger partial charge in [0.2, 0.25) is 0 Å². The van der Waals surface area contributed by atoms with E-state index in [1.807, 2.05) is 0 Å². The van der Waals surface area contributed by atoms with Gasteiger partial charge in [-0.3, -0.25) is 0 Å². The van der Waals surface area contributed by atoms with Crippen molar-refractivity contribution in [2.45, 2.75) is 45.4 Å². The Morgan fingerprint density at radius 1 is 0.938 bits per heavy atom. The van der Waals surface area contributed by atoms with E-state index in [9.17, 15) is 4.79 Å². The maximum absolute atomic E-state index is 9.51. The summed E-state index contributed by atoms with van der Waals surface area (Å²) >= 11 is 0. The molecule has 4 bridgehead atoms. The molecule has 0 unspecified atom stereocenters. The number of rotatable bonds is 1. The highest BCUT2D eigenvalue weighted by molar-refractivity contribution is 5.79. The highest BCUT2D eigenvalue weighted by atomic mass is 16.4. The highest BCUT2D eigenvalue weighted by Gasteiger charge is 2.41. The molecule has 0 heterocycles. The lowest BCUT2D eigenvalue weighted by atomic mass is 9.56. The van der Waals surface area contributed by atoms with E-state index < -0.39 is 5.97 Å². The predicted molar refractivity (Wildman–Crippen MR) is 64.1 cm³/mol. The monoisotopic (exact) mass is 222 g/mol. The quantitative estimate of drug-likeness (QED) is 0.690. The molecule has 2 nitrogen and oxygen atoms in total. The van der Waals surface area contributed by atoms with Crippen LogP contribution in [0.2, 0.25) is 0 Å². The fraction of sp³-hybridized carbons (Fsp3) is 0.786. The summed E-state index contributed by atoms with van der Waals surface area (Å²) in [6, 6.07) is 0. The van der Waals surface area contributed by atoms with E-state index in [1.165, 1.54) is 29.7 Å². The van der Waals surface area contributed by atoms with Gasteiger partial charge < -0.3 is 5.11 Å². The van der Waals surface area contributed by atoms with Gasteiger partial charge in [0.1, 0.15) is 0 Å². The summed E-state index contributed by atoms with van der Waals surface area (Å²) in [5, 5.41) is 7.83. The Morgan fingerprint density at radius 2 is 1.25 bits per heavy atom. The van der Waals surface area contributed by atoms with Crippen molar-refractivity contribution >= 4 is 5.97 Å². The van der Waals surface area contributed by atoms with Gasteiger partial charge in [-0.2, -0.15) is 0 Å². The van der Waals surface area contributed by atoms with Gasteiger partial charge in [0.15, 0.2) is 0 Å². The number of carboxylic acids is 1. The van der Waals surface area contributed by atoms with E-state index in [-0.39, 0.29) is 0 Å². The smallest absolute Gasteiger partial charge is 0.327 e. The summed E-state index contributed by atoms with van der Waals surface area (Å²) in [5.41, 5.74) is 0. The summed E-state index contributed by atoms with van der Waals surface area (Å²) in [7, 11) is 0. The van der Waals surface area contributed by atoms with E-state index in [0.717, 1.165) is 6.08 Å². The number of carboxylic acid groups (broad SMARTS) is 1. The normalized spacial score (nSPS) is 39.6. The fourth-order valence-electron chi connectivity index (χ4n) is 4.13. The third-order valence-corrected chi connectivity index (χ3v) is 4.31. The lowest BCUT2D eigenvalue weighted by Gasteiger charge is -2.49. The number of hydrogen-bond acceptors (Lipinski definition) is 1. The summed E-state index contributed by atoms with van der Waals surface area (Å²) < 4.78 is 0. The van der Waals surface area contributed by atoms with Crippen LogP contribution in [0.3, 0.4) is 0 Å². The van der Waals surface area contributed by atoms with Crippen LogP contribution in [-0.2, 0) is 4.79 Å². The molecule has 4 aliphatic carbocycles. The lowest BCUT2D eigenvalue weighted by molar-refractivity contribution is -0.131. The summed E-state index contributed by atoms with van der Waals surface area (Å²) in [6.07, 6.45) is 12.2. The lowest BCUT2D eigenvalue weighted by Crippen LogP contribution is -2.38. The van der Waals surface area contributed by atoms with Crippen LogP contribution >= 0.6 is 0 Å². The minimum Gasteiger partial charge on any atom is -0.478 e. The third-order valence-electron chi connectivity index (χ3n) is 4.31. The molecule has 0 spiro atoms. The fourth-order valence-corrected chi connectivity index (χ4v) is 4.13. The van der Waals surface area contributed by atoms with E-state index >= 15 is 0 Å². The van der Waals surface area contributed by atoms with E-state index in [4.69, 9.17) is 5.11 Å². The van der Waals surface area contributed by atoms with Crippen LogP contribution in [0.15, 0.2) is 12.2 Å². The summed E-state index contributed by atoms with van der Waals surface area (Å²) in [6.45, 7) is 1.66. The molecule has 0 saturated heterocycles. The van der Waals surface area contributed by atoms with Crippen molar-refractivity contribution in [3.8, 4) is 0 Å². The predicted octanol–water partition coefficient (Wildman–Crippen LogP) is 3.48. The molecule has 0 aromatic carbocycles. The van der Waals surface area contributed by atoms with Gasteiger partial charge in [0, 0.05) is 6.08 Å². The Kier molecular flexibility index (Phi) is 3.67. The summed E-state index contributed by atoms with van der Waals surface area (Å²) in [4.78, 5) is 9.51. The van der Waals surface area contributed by atoms with Crippen molar-refractivity contribution < 1.29 is 9.90 Å². The summed E-state index contributed by atoms with van der Waals surface area (Å²) in [5.74, 6) is 3.82. The average molecular weight is 222 g/mol. The van der Waals surface area contributed by atoms with Gasteiger partial charge in [-0.15, -0.1) is 0 Å². The van der Waals surface area contributed by atoms with Gasteiger partial charge in [0.25, 0.3) is 0 Å². The molecule has 0 aromatic rings. The molecule has 2 heteroatoms. The van der Waals surface area contributed by atoms with Crippen molar-refractivity contribution in [2.75, 3.05) is 0 Å². The Balaban J connectivity index is 0.000000142. The minimum absolute atomic E-state index is 0.891. The number of aliphatic carboxylic acids is 1. The van der Waals surface area contributed by atoms with Crippen LogP contribution in [0, 0.1) is 23.7 Å². The molecule has 0 aliphatic heterocycles. The van der Waals surface area contributed by atoms with Gasteiger partial charge in [-0.25, -0.2) is 4.79 Å². The topological polar surface area (TPSA) is 37.3 Å². The molecular weight excluding hydrogens is 200 g/mol. The van der Waals surface area contributed by atoms with Gasteiger partial charge in [-0.05, 0) is 69.1 Å². The second-order valence-electron chi connectivity index (χ2n) is 5.72. The molecule has 90 valence electrons. The van der Waals surface area contributed by atoms with Crippen LogP contribution in [-0.4, -0.2) is 11.1 Å². The minimum atomic E-state index is -0.891. The first-order valence-corrected chi connectivity index (χ1v) is 6.53. The molecule has 4 rings (SSSR count). The van der Waals surface area contributed by atoms with Crippen molar-refractivity contribution in [3.63, 3.8) is 0 Å². The maximum atomic E-state index is 9.51. The molecule has 0 aromatic heterocycles. The average Bonchev–Trinajstić information content (AvgIpc) is 2.15. The largest absolute Gasteiger partial charge is 0.478 e. The van der Waals surface area contributed by atoms with Crippen LogP contribution in [0.4, 0.5) is 0 Å². The molecule has 0 atom stereocenters. The van der Waals surface area contributed by atoms with Gasteiger partial charge >= 0.3 is 5.97 Å². The molecule has 0 radical (unpaired) electrons. The highest BCUT2D eigenvalue weighted by Crippen LogP contribution is 2.53. The number of hydrogen-bond donors (Lipinski definition) is 1. The number of allylic oxidation sites excluding steroid dienone is 1. The van der Waals surface area contributed by atoms with Crippen LogP contribution < -0.4 is 0 Å². The first-order valence-electron chi connectivity index (χ1n) is 6.53. The van der Waals surface area contributed by atoms with E-state index in [1.54, 1.807) is 45.4 Å². The second kappa shape index (κ2) is 5.03. The van der Waals surface area contributed by atoms with Crippen molar-refractivity contribution in [2.24, 2.45) is 23.7 Å². The van der Waals surface area contributed by atoms with Crippen LogP contribution in [0.1, 0.15) is 45.4 Å². The molecule has 1 N–H and O–H groups in total. The Hall–Kier alpha value is -0.790. The van der Waals surface area contributed by atoms with Crippen molar-refractivity contribution in [3.05, 3.63) is 12.2 Å². The first-order chi connectivity index (χ1) is 7.67. The molecule has 4 aliphatic rings. The second-order valence-corrected chi connectivity index (χ2v) is 5.72. The molecule has 16 heavy (non-hydrogen) atoms. The zero-order valence-corrected chi connectivity index (χ0v) is 10.1. The van der Waals surface area contributed by atoms with Crippen molar-refractivity contribution in [1.82, 2.24) is 0 Å². The van der Waals surface area contributed by atoms with Crippen molar-refractivity contribution in [1.29, 1.82) is 0 Å². The zero-order valence-electron chi connectivity index (χ0n) is 10.1. The Morgan fingerprint density at radius 3 is 1.38 bits per heavy atom. The molecule has 4 saturated carbocycles. The molecular formula is C14H22O2. The van der Waals surface area contributed by atoms with E-state index in [0.29, 0.717) is 0 Å². The third kappa shape index (κ3) is 2.87. The SMILES string of the molecule is C1C2CC3CC1CC(C2)C3.CC=CC(=O)O. The van der Waals surface area contributed by atoms with Crippen LogP contribution in [0.25, 0.3) is 0 Å². The standard InChI is InChI=1S/C10H16.C4H6O2/c1-7-2-9-4-8(1)5-10(3-7)6-9;1-2-3-4(5)6/h7-10H,1-6H2;2-3H,1H3,(H,5,6). The molecule has 4 fully saturated rings. The first kappa shape index (κ1) is 11.7. The van der Waals surface area contributed by atoms with Gasteiger partial charge in [0.05, 0.1) is 0 Å². The zero-order chi connectivity index (χ0) is 11.5. The number of carbonyl (C=O) groups is 1. The Labute approximate surface area is 97.7 Å². The van der Waals surface area contributed by atoms with Crippen LogP contribution in [0.5, 0.6) is 0 Å². The molecule has 0 amide bonds. The van der Waals surface area contributed by atoms with E-state index in [2.05, 4.69) is 0 Å².